The largest absolute Gasteiger partial charge is 0.481 e. The van der Waals surface area contributed by atoms with Gasteiger partial charge in [-0.05, 0) is 37.6 Å². The summed E-state index contributed by atoms with van der Waals surface area (Å²) in [6.07, 6.45) is 0.788. The van der Waals surface area contributed by atoms with E-state index in [9.17, 15) is 9.59 Å². The zero-order chi connectivity index (χ0) is 17.9. The van der Waals surface area contributed by atoms with Crippen LogP contribution in [-0.2, 0) is 27.4 Å². The van der Waals surface area contributed by atoms with Gasteiger partial charge in [0.2, 0.25) is 0 Å². The number of carbonyl (C=O) groups is 2. The number of ether oxygens (including phenoxy) is 1. The van der Waals surface area contributed by atoms with E-state index in [4.69, 9.17) is 9.84 Å². The number of ketones is 1. The summed E-state index contributed by atoms with van der Waals surface area (Å²) in [6, 6.07) is 7.85. The lowest BCUT2D eigenvalue weighted by Crippen LogP contribution is -2.27. The van der Waals surface area contributed by atoms with Gasteiger partial charge in [0.25, 0.3) is 0 Å². The zero-order valence-corrected chi connectivity index (χ0v) is 15.0. The number of carboxylic acid groups (broad SMARTS) is 1. The Balaban J connectivity index is 2.50. The number of hydrogen-bond donors (Lipinski definition) is 1. The number of nitrogens with zero attached hydrogens (tertiary/aromatic N) is 1. The van der Waals surface area contributed by atoms with Crippen LogP contribution in [-0.4, -0.2) is 48.0 Å². The third kappa shape index (κ3) is 6.81. The molecule has 5 nitrogen and oxygen atoms in total. The Morgan fingerprint density at radius 3 is 2.38 bits per heavy atom. The molecule has 0 amide bonds. The van der Waals surface area contributed by atoms with Crippen LogP contribution in [0.25, 0.3) is 0 Å². The molecule has 0 heterocycles. The molecule has 0 fully saturated rings. The van der Waals surface area contributed by atoms with Gasteiger partial charge in [-0.2, -0.15) is 0 Å². The van der Waals surface area contributed by atoms with E-state index >= 15 is 0 Å². The highest BCUT2D eigenvalue weighted by molar-refractivity contribution is 5.97. The SMILES string of the molecule is CCN(CC)CCOCc1ccccc1CCC(=O)C(C)C(=O)O. The second kappa shape index (κ2) is 10.9. The van der Waals surface area contributed by atoms with Crippen LogP contribution in [0.4, 0.5) is 0 Å². The average Bonchev–Trinajstić information content (AvgIpc) is 2.59. The van der Waals surface area contributed by atoms with Gasteiger partial charge in [-0.15, -0.1) is 0 Å². The van der Waals surface area contributed by atoms with Crippen molar-refractivity contribution in [2.24, 2.45) is 5.92 Å². The standard InChI is InChI=1S/C19H29NO4/c1-4-20(5-2)12-13-24-14-17-9-7-6-8-16(17)10-11-18(21)15(3)19(22)23/h6-9,15H,4-5,10-14H2,1-3H3,(H,22,23). The molecule has 0 saturated heterocycles. The molecule has 0 aliphatic heterocycles. The predicted molar refractivity (Wildman–Crippen MR) is 94.0 cm³/mol. The molecule has 0 bridgehead atoms. The summed E-state index contributed by atoms with van der Waals surface area (Å²) in [5.74, 6) is -2.24. The maximum atomic E-state index is 11.9. The van der Waals surface area contributed by atoms with Crippen LogP contribution in [0.5, 0.6) is 0 Å². The lowest BCUT2D eigenvalue weighted by molar-refractivity contribution is -0.145. The molecule has 1 rings (SSSR count). The number of aliphatic carboxylic acids is 1. The minimum Gasteiger partial charge on any atom is -0.481 e. The van der Waals surface area contributed by atoms with E-state index in [0.29, 0.717) is 19.6 Å². The summed E-state index contributed by atoms with van der Waals surface area (Å²) in [7, 11) is 0. The van der Waals surface area contributed by atoms with Gasteiger partial charge in [0.15, 0.2) is 0 Å². The second-order valence-electron chi connectivity index (χ2n) is 5.87. The van der Waals surface area contributed by atoms with E-state index in [1.807, 2.05) is 24.3 Å². The van der Waals surface area contributed by atoms with Gasteiger partial charge in [0.05, 0.1) is 13.2 Å². The van der Waals surface area contributed by atoms with Crippen LogP contribution in [0.3, 0.4) is 0 Å². The fourth-order valence-corrected chi connectivity index (χ4v) is 2.47. The fourth-order valence-electron chi connectivity index (χ4n) is 2.47. The maximum absolute atomic E-state index is 11.9. The molecular formula is C19H29NO4. The third-order valence-electron chi connectivity index (χ3n) is 4.32. The van der Waals surface area contributed by atoms with Crippen LogP contribution in [0.1, 0.15) is 38.3 Å². The summed E-state index contributed by atoms with van der Waals surface area (Å²) in [5.41, 5.74) is 2.11. The summed E-state index contributed by atoms with van der Waals surface area (Å²) in [6.45, 7) is 9.82. The van der Waals surface area contributed by atoms with Crippen LogP contribution < -0.4 is 0 Å². The first-order valence-corrected chi connectivity index (χ1v) is 8.61. The van der Waals surface area contributed by atoms with Gasteiger partial charge in [0, 0.05) is 13.0 Å². The zero-order valence-electron chi connectivity index (χ0n) is 15.0. The van der Waals surface area contributed by atoms with Crippen molar-refractivity contribution in [1.29, 1.82) is 0 Å². The second-order valence-corrected chi connectivity index (χ2v) is 5.87. The smallest absolute Gasteiger partial charge is 0.313 e. The molecule has 5 heteroatoms. The lowest BCUT2D eigenvalue weighted by atomic mass is 9.97. The van der Waals surface area contributed by atoms with Crippen molar-refractivity contribution < 1.29 is 19.4 Å². The number of aryl methyl sites for hydroxylation is 1. The first kappa shape index (κ1) is 20.3. The normalized spacial score (nSPS) is 12.3. The molecule has 0 aliphatic carbocycles. The van der Waals surface area contributed by atoms with Crippen molar-refractivity contribution in [3.8, 4) is 0 Å². The molecule has 0 aliphatic rings. The number of Topliss-reactive ketones (excluding diaryl/α,β-unsaturated/α-hetero) is 1. The Labute approximate surface area is 144 Å². The molecule has 1 aromatic rings. The number of hydrogen-bond acceptors (Lipinski definition) is 4. The maximum Gasteiger partial charge on any atom is 0.313 e. The van der Waals surface area contributed by atoms with E-state index in [0.717, 1.165) is 30.8 Å². The molecule has 1 N–H and O–H groups in total. The molecule has 0 aromatic heterocycles. The molecule has 0 radical (unpaired) electrons. The van der Waals surface area contributed by atoms with E-state index in [1.54, 1.807) is 0 Å². The summed E-state index contributed by atoms with van der Waals surface area (Å²) >= 11 is 0. The topological polar surface area (TPSA) is 66.8 Å². The van der Waals surface area contributed by atoms with Gasteiger partial charge in [-0.25, -0.2) is 0 Å². The van der Waals surface area contributed by atoms with Crippen LogP contribution in [0.2, 0.25) is 0 Å². The highest BCUT2D eigenvalue weighted by atomic mass is 16.5. The van der Waals surface area contributed by atoms with E-state index in [2.05, 4.69) is 18.7 Å². The number of likely N-dealkylation sites (N-methyl/N-ethyl adjacent to an activating group) is 1. The first-order valence-electron chi connectivity index (χ1n) is 8.61. The lowest BCUT2D eigenvalue weighted by Gasteiger charge is -2.18. The Kier molecular flexibility index (Phi) is 9.27. The van der Waals surface area contributed by atoms with Crippen molar-refractivity contribution in [2.45, 2.75) is 40.2 Å². The molecule has 24 heavy (non-hydrogen) atoms. The Morgan fingerprint density at radius 1 is 1.17 bits per heavy atom. The molecule has 0 spiro atoms. The number of carbonyl (C=O) groups excluding carboxylic acids is 1. The van der Waals surface area contributed by atoms with Crippen LogP contribution in [0.15, 0.2) is 24.3 Å². The number of carboxylic acids is 1. The van der Waals surface area contributed by atoms with Gasteiger partial charge >= 0.3 is 5.97 Å². The Morgan fingerprint density at radius 2 is 1.79 bits per heavy atom. The Hall–Kier alpha value is -1.72. The van der Waals surface area contributed by atoms with Gasteiger partial charge in [-0.3, -0.25) is 9.59 Å². The van der Waals surface area contributed by atoms with Crippen LogP contribution in [0, 0.1) is 5.92 Å². The fraction of sp³-hybridized carbons (Fsp3) is 0.579. The minimum atomic E-state index is -1.06. The van der Waals surface area contributed by atoms with Crippen molar-refractivity contribution >= 4 is 11.8 Å². The highest BCUT2D eigenvalue weighted by Gasteiger charge is 2.20. The number of benzene rings is 1. The van der Waals surface area contributed by atoms with Crippen molar-refractivity contribution in [1.82, 2.24) is 4.90 Å². The molecule has 1 aromatic carbocycles. The van der Waals surface area contributed by atoms with Crippen molar-refractivity contribution in [3.05, 3.63) is 35.4 Å². The number of rotatable bonds is 12. The summed E-state index contributed by atoms with van der Waals surface area (Å²) in [4.78, 5) is 25.0. The van der Waals surface area contributed by atoms with E-state index < -0.39 is 11.9 Å². The molecule has 134 valence electrons. The molecule has 1 atom stereocenters. The molecule has 0 saturated carbocycles. The van der Waals surface area contributed by atoms with Gasteiger partial charge in [-0.1, -0.05) is 38.1 Å². The van der Waals surface area contributed by atoms with Crippen LogP contribution >= 0.6 is 0 Å². The first-order chi connectivity index (χ1) is 11.5. The summed E-state index contributed by atoms with van der Waals surface area (Å²) in [5, 5.41) is 8.89. The van der Waals surface area contributed by atoms with Gasteiger partial charge < -0.3 is 14.7 Å². The predicted octanol–water partition coefficient (Wildman–Crippen LogP) is 2.77. The molecule has 1 unspecified atom stereocenters. The monoisotopic (exact) mass is 335 g/mol. The third-order valence-corrected chi connectivity index (χ3v) is 4.32. The highest BCUT2D eigenvalue weighted by Crippen LogP contribution is 2.14. The minimum absolute atomic E-state index is 0.236. The van der Waals surface area contributed by atoms with E-state index in [1.165, 1.54) is 6.92 Å². The summed E-state index contributed by atoms with van der Waals surface area (Å²) < 4.78 is 5.77. The van der Waals surface area contributed by atoms with Crippen molar-refractivity contribution in [3.63, 3.8) is 0 Å². The molecular weight excluding hydrogens is 306 g/mol. The average molecular weight is 335 g/mol. The Bertz CT molecular complexity index is 526. The van der Waals surface area contributed by atoms with Crippen molar-refractivity contribution in [2.75, 3.05) is 26.2 Å². The quantitative estimate of drug-likeness (QED) is 0.470. The van der Waals surface area contributed by atoms with Gasteiger partial charge in [0.1, 0.15) is 11.7 Å². The van der Waals surface area contributed by atoms with E-state index in [-0.39, 0.29) is 12.2 Å².